The van der Waals surface area contributed by atoms with Gasteiger partial charge in [0.15, 0.2) is 9.84 Å². The molecule has 2 aliphatic carbocycles. The highest BCUT2D eigenvalue weighted by Gasteiger charge is 2.49. The molecule has 0 amide bonds. The first-order chi connectivity index (χ1) is 9.89. The van der Waals surface area contributed by atoms with E-state index in [0.29, 0.717) is 19.3 Å². The summed E-state index contributed by atoms with van der Waals surface area (Å²) in [5.74, 6) is 0. The smallest absolute Gasteiger partial charge is 0.229 e. The summed E-state index contributed by atoms with van der Waals surface area (Å²) in [5, 5.41) is 12.5. The number of rotatable bonds is 4. The fourth-order valence-electron chi connectivity index (χ4n) is 3.77. The second-order valence-electron chi connectivity index (χ2n) is 6.06. The Morgan fingerprint density at radius 2 is 1.71 bits per heavy atom. The number of alkyl halides is 1. The lowest BCUT2D eigenvalue weighted by Gasteiger charge is -2.37. The zero-order chi connectivity index (χ0) is 15.6. The van der Waals surface area contributed by atoms with Gasteiger partial charge in [0.25, 0.3) is 0 Å². The standard InChI is InChI=1S/C13H23ClN2O4S/c1-15-13-9(14)5-4-8-12(13)21(19,20)11-7-3-2-6-10(11)16(17)18/h9-13,15H,2-8H2,1H3. The van der Waals surface area contributed by atoms with Crippen LogP contribution in [0.2, 0.25) is 0 Å². The van der Waals surface area contributed by atoms with Crippen LogP contribution in [0.4, 0.5) is 0 Å². The molecule has 1 N–H and O–H groups in total. The molecule has 2 rings (SSSR count). The predicted octanol–water partition coefficient (Wildman–Crippen LogP) is 1.74. The Balaban J connectivity index is 2.28. The van der Waals surface area contributed by atoms with Gasteiger partial charge in [0.2, 0.25) is 6.04 Å². The van der Waals surface area contributed by atoms with Crippen LogP contribution >= 0.6 is 11.6 Å². The molecule has 6 nitrogen and oxygen atoms in total. The van der Waals surface area contributed by atoms with Crippen LogP contribution in [-0.4, -0.2) is 48.3 Å². The van der Waals surface area contributed by atoms with Crippen LogP contribution in [-0.2, 0) is 9.84 Å². The highest BCUT2D eigenvalue weighted by Crippen LogP contribution is 2.35. The van der Waals surface area contributed by atoms with Crippen molar-refractivity contribution in [3.8, 4) is 0 Å². The van der Waals surface area contributed by atoms with Gasteiger partial charge in [-0.1, -0.05) is 12.8 Å². The molecule has 0 aromatic heterocycles. The van der Waals surface area contributed by atoms with Gasteiger partial charge >= 0.3 is 0 Å². The van der Waals surface area contributed by atoms with Crippen LogP contribution in [0.1, 0.15) is 44.9 Å². The Kier molecular flexibility index (Phi) is 5.48. The minimum absolute atomic E-state index is 0.235. The Bertz CT molecular complexity index is 485. The van der Waals surface area contributed by atoms with E-state index in [4.69, 9.17) is 11.6 Å². The molecule has 0 spiro atoms. The summed E-state index contributed by atoms with van der Waals surface area (Å²) in [6.07, 6.45) is 4.31. The van der Waals surface area contributed by atoms with E-state index < -0.39 is 31.3 Å². The number of sulfone groups is 1. The first-order valence-electron chi connectivity index (χ1n) is 7.57. The van der Waals surface area contributed by atoms with Crippen LogP contribution in [0, 0.1) is 10.1 Å². The maximum Gasteiger partial charge on any atom is 0.229 e. The molecular formula is C13H23ClN2O4S. The van der Waals surface area contributed by atoms with Gasteiger partial charge in [-0.3, -0.25) is 10.1 Å². The second kappa shape index (κ2) is 6.79. The van der Waals surface area contributed by atoms with E-state index in [-0.39, 0.29) is 11.4 Å². The van der Waals surface area contributed by atoms with E-state index in [2.05, 4.69) is 5.32 Å². The Morgan fingerprint density at radius 1 is 1.10 bits per heavy atom. The molecule has 0 aliphatic heterocycles. The highest BCUT2D eigenvalue weighted by atomic mass is 35.5. The molecule has 0 bridgehead atoms. The van der Waals surface area contributed by atoms with E-state index in [1.165, 1.54) is 0 Å². The third kappa shape index (κ3) is 3.35. The summed E-state index contributed by atoms with van der Waals surface area (Å²) >= 11 is 6.26. The van der Waals surface area contributed by atoms with Crippen LogP contribution in [0.3, 0.4) is 0 Å². The van der Waals surface area contributed by atoms with E-state index in [1.807, 2.05) is 0 Å². The van der Waals surface area contributed by atoms with Gasteiger partial charge in [-0.25, -0.2) is 8.42 Å². The normalized spacial score (nSPS) is 38.1. The third-order valence-corrected chi connectivity index (χ3v) is 8.13. The second-order valence-corrected chi connectivity index (χ2v) is 9.01. The number of hydrogen-bond acceptors (Lipinski definition) is 5. The summed E-state index contributed by atoms with van der Waals surface area (Å²) in [6, 6.07) is -1.28. The zero-order valence-electron chi connectivity index (χ0n) is 12.2. The number of nitrogens with one attached hydrogen (secondary N) is 1. The molecular weight excluding hydrogens is 316 g/mol. The van der Waals surface area contributed by atoms with E-state index >= 15 is 0 Å². The minimum Gasteiger partial charge on any atom is -0.314 e. The Labute approximate surface area is 130 Å². The fourth-order valence-corrected chi connectivity index (χ4v) is 7.16. The maximum absolute atomic E-state index is 13.0. The molecule has 122 valence electrons. The van der Waals surface area contributed by atoms with Crippen molar-refractivity contribution in [1.82, 2.24) is 5.32 Å². The molecule has 0 saturated heterocycles. The van der Waals surface area contributed by atoms with Crippen molar-refractivity contribution >= 4 is 21.4 Å². The quantitative estimate of drug-likeness (QED) is 0.479. The summed E-state index contributed by atoms with van der Waals surface area (Å²) < 4.78 is 25.9. The topological polar surface area (TPSA) is 89.3 Å². The van der Waals surface area contributed by atoms with Crippen LogP contribution < -0.4 is 5.32 Å². The summed E-state index contributed by atoms with van der Waals surface area (Å²) in [4.78, 5) is 10.8. The lowest BCUT2D eigenvalue weighted by Crippen LogP contribution is -2.55. The molecule has 8 heteroatoms. The maximum atomic E-state index is 13.0. The molecule has 2 saturated carbocycles. The zero-order valence-corrected chi connectivity index (χ0v) is 13.8. The molecule has 5 atom stereocenters. The Hall–Kier alpha value is -0.400. The molecule has 0 heterocycles. The van der Waals surface area contributed by atoms with Gasteiger partial charge in [0, 0.05) is 17.4 Å². The summed E-state index contributed by atoms with van der Waals surface area (Å²) in [7, 11) is -1.85. The van der Waals surface area contributed by atoms with E-state index in [0.717, 1.165) is 25.7 Å². The van der Waals surface area contributed by atoms with Crippen molar-refractivity contribution in [2.24, 2.45) is 0 Å². The average Bonchev–Trinajstić information content (AvgIpc) is 2.46. The number of halogens is 1. The van der Waals surface area contributed by atoms with E-state index in [9.17, 15) is 18.5 Å². The molecule has 2 aliphatic rings. The van der Waals surface area contributed by atoms with Crippen molar-refractivity contribution in [2.75, 3.05) is 7.05 Å². The number of hydrogen-bond donors (Lipinski definition) is 1. The summed E-state index contributed by atoms with van der Waals surface area (Å²) in [6.45, 7) is 0. The van der Waals surface area contributed by atoms with Gasteiger partial charge in [0.05, 0.1) is 10.6 Å². The van der Waals surface area contributed by atoms with Crippen molar-refractivity contribution in [3.63, 3.8) is 0 Å². The summed E-state index contributed by atoms with van der Waals surface area (Å²) in [5.41, 5.74) is 0. The fraction of sp³-hybridized carbons (Fsp3) is 1.00. The van der Waals surface area contributed by atoms with Gasteiger partial charge < -0.3 is 5.32 Å². The SMILES string of the molecule is CNC1C(Cl)CCCC1S(=O)(=O)C1CCCCC1[N+](=O)[O-]. The first-order valence-corrected chi connectivity index (χ1v) is 9.61. The van der Waals surface area contributed by atoms with Crippen LogP contribution in [0.5, 0.6) is 0 Å². The molecule has 21 heavy (non-hydrogen) atoms. The average molecular weight is 339 g/mol. The van der Waals surface area contributed by atoms with Crippen molar-refractivity contribution < 1.29 is 13.3 Å². The third-order valence-electron chi connectivity index (χ3n) is 4.87. The van der Waals surface area contributed by atoms with Crippen molar-refractivity contribution in [3.05, 3.63) is 10.1 Å². The van der Waals surface area contributed by atoms with Gasteiger partial charge in [-0.15, -0.1) is 11.6 Å². The van der Waals surface area contributed by atoms with Crippen molar-refractivity contribution in [2.45, 2.75) is 72.9 Å². The lowest BCUT2D eigenvalue weighted by molar-refractivity contribution is -0.524. The lowest BCUT2D eigenvalue weighted by atomic mass is 9.94. The molecule has 0 aromatic carbocycles. The molecule has 0 radical (unpaired) electrons. The first kappa shape index (κ1) is 17.0. The van der Waals surface area contributed by atoms with Gasteiger partial charge in [0.1, 0.15) is 5.25 Å². The molecule has 2 fully saturated rings. The molecule has 5 unspecified atom stereocenters. The highest BCUT2D eigenvalue weighted by molar-refractivity contribution is 7.92. The Morgan fingerprint density at radius 3 is 2.33 bits per heavy atom. The number of nitrogens with zero attached hydrogens (tertiary/aromatic N) is 1. The largest absolute Gasteiger partial charge is 0.314 e. The molecule has 0 aromatic rings. The van der Waals surface area contributed by atoms with Gasteiger partial charge in [-0.2, -0.15) is 0 Å². The van der Waals surface area contributed by atoms with Crippen molar-refractivity contribution in [1.29, 1.82) is 0 Å². The number of nitro groups is 1. The van der Waals surface area contributed by atoms with Crippen LogP contribution in [0.15, 0.2) is 0 Å². The minimum atomic E-state index is -3.56. The van der Waals surface area contributed by atoms with E-state index in [1.54, 1.807) is 7.05 Å². The predicted molar refractivity (Wildman–Crippen MR) is 82.1 cm³/mol. The van der Waals surface area contributed by atoms with Crippen LogP contribution in [0.25, 0.3) is 0 Å². The van der Waals surface area contributed by atoms with Gasteiger partial charge in [-0.05, 0) is 32.7 Å². The monoisotopic (exact) mass is 338 g/mol.